The van der Waals surface area contributed by atoms with Crippen LogP contribution in [0.5, 0.6) is 0 Å². The Morgan fingerprint density at radius 3 is 2.23 bits per heavy atom. The average Bonchev–Trinajstić information content (AvgIpc) is 2.73. The van der Waals surface area contributed by atoms with Crippen LogP contribution >= 0.6 is 0 Å². The van der Waals surface area contributed by atoms with E-state index in [2.05, 4.69) is 6.58 Å². The van der Waals surface area contributed by atoms with E-state index in [4.69, 9.17) is 18.9 Å². The van der Waals surface area contributed by atoms with E-state index < -0.39 is 70.8 Å². The zero-order valence-corrected chi connectivity index (χ0v) is 21.3. The normalized spacial score (nSPS) is 44.6. The van der Waals surface area contributed by atoms with Crippen molar-refractivity contribution in [3.8, 4) is 0 Å². The van der Waals surface area contributed by atoms with E-state index in [0.717, 1.165) is 0 Å². The Kier molecular flexibility index (Phi) is 6.22. The van der Waals surface area contributed by atoms with Gasteiger partial charge < -0.3 is 29.2 Å². The molecule has 194 valence electrons. The summed E-state index contributed by atoms with van der Waals surface area (Å²) in [5.41, 5.74) is -0.132. The number of hydrogen-bond acceptors (Lipinski definition) is 9. The molecule has 5 rings (SSSR count). The molecule has 1 saturated heterocycles. The molecule has 0 aromatic heterocycles. The highest BCUT2D eigenvalue weighted by Crippen LogP contribution is 2.64. The lowest BCUT2D eigenvalue weighted by Gasteiger charge is -2.64. The SMILES string of the molecule is C=C1[C@H](O)CC[C@]2(C)[C@@H](OC(C)=O)[C@H](OC(C)=O)C3=C(C)[C@@]4(O)C[C@@H]([C@@H](OC(C)=O)[C@H]12)[C@]3(C)CO4. The van der Waals surface area contributed by atoms with Gasteiger partial charge in [0.1, 0.15) is 12.2 Å². The predicted molar refractivity (Wildman–Crippen MR) is 122 cm³/mol. The van der Waals surface area contributed by atoms with Gasteiger partial charge in [-0.1, -0.05) is 20.4 Å². The van der Waals surface area contributed by atoms with Crippen molar-refractivity contribution in [1.29, 1.82) is 0 Å². The summed E-state index contributed by atoms with van der Waals surface area (Å²) in [7, 11) is 0. The summed E-state index contributed by atoms with van der Waals surface area (Å²) in [6, 6.07) is 0. The minimum absolute atomic E-state index is 0.0849. The van der Waals surface area contributed by atoms with Gasteiger partial charge in [-0.05, 0) is 36.5 Å². The number of fused-ring (bicyclic) bond motifs is 2. The van der Waals surface area contributed by atoms with Crippen molar-refractivity contribution in [1.82, 2.24) is 0 Å². The van der Waals surface area contributed by atoms with E-state index in [1.807, 2.05) is 13.8 Å². The van der Waals surface area contributed by atoms with Crippen molar-refractivity contribution in [3.05, 3.63) is 23.3 Å². The van der Waals surface area contributed by atoms with Gasteiger partial charge in [0.2, 0.25) is 0 Å². The molecule has 9 nitrogen and oxygen atoms in total. The molecular formula is C26H36O9. The molecule has 3 aliphatic carbocycles. The number of carbonyl (C=O) groups is 3. The maximum Gasteiger partial charge on any atom is 0.303 e. The zero-order chi connectivity index (χ0) is 26.1. The van der Waals surface area contributed by atoms with Crippen molar-refractivity contribution in [3.63, 3.8) is 0 Å². The summed E-state index contributed by atoms with van der Waals surface area (Å²) >= 11 is 0. The van der Waals surface area contributed by atoms with Crippen LogP contribution in [0.2, 0.25) is 0 Å². The topological polar surface area (TPSA) is 129 Å². The van der Waals surface area contributed by atoms with Gasteiger partial charge in [0, 0.05) is 49.9 Å². The summed E-state index contributed by atoms with van der Waals surface area (Å²) in [6.07, 6.45) is -2.72. The lowest BCUT2D eigenvalue weighted by atomic mass is 9.48. The predicted octanol–water partition coefficient (Wildman–Crippen LogP) is 2.19. The standard InChI is InChI=1S/C26H36O9/c1-12-18(30)8-9-24(6)19(12)21(33-14(3)27)17-10-26(31)13(2)20(25(17,7)11-32-26)22(34-15(4)28)23(24)35-16(5)29/h17-19,21-23,30-31H,1,8-11H2,2-7H3/t17-,18+,19-,21+,22+,23-,24-,25-,26+/m0/s1. The summed E-state index contributed by atoms with van der Waals surface area (Å²) < 4.78 is 23.7. The molecule has 9 atom stereocenters. The Labute approximate surface area is 205 Å². The van der Waals surface area contributed by atoms with Crippen LogP contribution in [0.1, 0.15) is 60.8 Å². The van der Waals surface area contributed by atoms with Crippen LogP contribution < -0.4 is 0 Å². The lowest BCUT2D eigenvalue weighted by Crippen LogP contribution is -2.69. The molecule has 0 amide bonds. The number of esters is 3. The van der Waals surface area contributed by atoms with Gasteiger partial charge in [-0.25, -0.2) is 0 Å². The van der Waals surface area contributed by atoms with Crippen LogP contribution in [0.25, 0.3) is 0 Å². The minimum Gasteiger partial charge on any atom is -0.462 e. The monoisotopic (exact) mass is 492 g/mol. The second kappa shape index (κ2) is 8.42. The van der Waals surface area contributed by atoms with Crippen molar-refractivity contribution in [2.75, 3.05) is 6.61 Å². The molecule has 0 spiro atoms. The molecule has 0 unspecified atom stereocenters. The van der Waals surface area contributed by atoms with E-state index >= 15 is 0 Å². The average molecular weight is 493 g/mol. The van der Waals surface area contributed by atoms with Gasteiger partial charge in [-0.3, -0.25) is 14.4 Å². The molecule has 2 aliphatic heterocycles. The van der Waals surface area contributed by atoms with E-state index in [1.165, 1.54) is 20.8 Å². The summed E-state index contributed by atoms with van der Waals surface area (Å²) in [4.78, 5) is 37.2. The van der Waals surface area contributed by atoms with Crippen LogP contribution in [0.3, 0.4) is 0 Å². The third-order valence-corrected chi connectivity index (χ3v) is 8.85. The largest absolute Gasteiger partial charge is 0.462 e. The molecule has 0 aromatic carbocycles. The van der Waals surface area contributed by atoms with E-state index in [1.54, 1.807) is 6.92 Å². The summed E-state index contributed by atoms with van der Waals surface area (Å²) in [5, 5.41) is 22.4. The highest BCUT2D eigenvalue weighted by Gasteiger charge is 2.68. The van der Waals surface area contributed by atoms with E-state index in [0.29, 0.717) is 29.6 Å². The van der Waals surface area contributed by atoms with Crippen molar-refractivity contribution < 1.29 is 43.5 Å². The smallest absolute Gasteiger partial charge is 0.303 e. The molecule has 4 bridgehead atoms. The number of carbonyl (C=O) groups excluding carboxylic acids is 3. The van der Waals surface area contributed by atoms with Crippen LogP contribution in [0, 0.1) is 22.7 Å². The quantitative estimate of drug-likeness (QED) is 0.346. The van der Waals surface area contributed by atoms with Crippen LogP contribution in [0.15, 0.2) is 23.3 Å². The second-order valence-electron chi connectivity index (χ2n) is 11.1. The van der Waals surface area contributed by atoms with Gasteiger partial charge in [-0.2, -0.15) is 0 Å². The first-order valence-electron chi connectivity index (χ1n) is 12.1. The fourth-order valence-electron chi connectivity index (χ4n) is 7.22. The summed E-state index contributed by atoms with van der Waals surface area (Å²) in [5.74, 6) is -4.38. The molecule has 2 heterocycles. The number of aliphatic hydroxyl groups is 2. The molecule has 0 aromatic rings. The third kappa shape index (κ3) is 3.83. The number of rotatable bonds is 3. The van der Waals surface area contributed by atoms with Gasteiger partial charge in [-0.15, -0.1) is 0 Å². The van der Waals surface area contributed by atoms with Crippen molar-refractivity contribution >= 4 is 17.9 Å². The first kappa shape index (κ1) is 25.9. The van der Waals surface area contributed by atoms with Gasteiger partial charge in [0.05, 0.1) is 12.7 Å². The highest BCUT2D eigenvalue weighted by atomic mass is 16.6. The first-order chi connectivity index (χ1) is 16.2. The highest BCUT2D eigenvalue weighted by molar-refractivity contribution is 5.68. The van der Waals surface area contributed by atoms with Crippen molar-refractivity contribution in [2.45, 2.75) is 91.0 Å². The second-order valence-corrected chi connectivity index (χ2v) is 11.1. The Bertz CT molecular complexity index is 1000. The molecule has 9 heteroatoms. The van der Waals surface area contributed by atoms with Gasteiger partial charge >= 0.3 is 17.9 Å². The molecule has 3 fully saturated rings. The lowest BCUT2D eigenvalue weighted by molar-refractivity contribution is -0.283. The van der Waals surface area contributed by atoms with Crippen LogP contribution in [0.4, 0.5) is 0 Å². The number of hydrogen-bond donors (Lipinski definition) is 2. The maximum absolute atomic E-state index is 12.4. The van der Waals surface area contributed by atoms with Crippen LogP contribution in [-0.2, 0) is 33.3 Å². The zero-order valence-electron chi connectivity index (χ0n) is 21.3. The third-order valence-electron chi connectivity index (χ3n) is 8.85. The van der Waals surface area contributed by atoms with Gasteiger partial charge in [0.25, 0.3) is 0 Å². The fourth-order valence-corrected chi connectivity index (χ4v) is 7.22. The Morgan fingerprint density at radius 1 is 1.06 bits per heavy atom. The molecule has 2 N–H and O–H groups in total. The molecule has 5 aliphatic rings. The summed E-state index contributed by atoms with van der Waals surface area (Å²) in [6.45, 7) is 13.7. The Morgan fingerprint density at radius 2 is 1.66 bits per heavy atom. The van der Waals surface area contributed by atoms with Gasteiger partial charge in [0.15, 0.2) is 11.9 Å². The molecule has 2 saturated carbocycles. The number of aliphatic hydroxyl groups excluding tert-OH is 1. The number of ether oxygens (including phenoxy) is 4. The van der Waals surface area contributed by atoms with Crippen molar-refractivity contribution in [2.24, 2.45) is 22.7 Å². The molecule has 0 radical (unpaired) electrons. The van der Waals surface area contributed by atoms with E-state index in [-0.39, 0.29) is 13.0 Å². The van der Waals surface area contributed by atoms with Crippen LogP contribution in [-0.4, -0.2) is 64.9 Å². The van der Waals surface area contributed by atoms with E-state index in [9.17, 15) is 24.6 Å². The first-order valence-corrected chi connectivity index (χ1v) is 12.1. The molecular weight excluding hydrogens is 456 g/mol. The molecule has 35 heavy (non-hydrogen) atoms. The maximum atomic E-state index is 12.4. The Hall–Kier alpha value is -2.23. The Balaban J connectivity index is 2.06. The fraction of sp³-hybridized carbons (Fsp3) is 0.731. The minimum atomic E-state index is -1.67.